The Morgan fingerprint density at radius 3 is 2.44 bits per heavy atom. The fourth-order valence-electron chi connectivity index (χ4n) is 6.25. The van der Waals surface area contributed by atoms with Crippen molar-refractivity contribution in [3.8, 4) is 17.3 Å². The molecule has 1 aromatic heterocycles. The second-order valence-corrected chi connectivity index (χ2v) is 9.29. The number of hydrogen-bond acceptors (Lipinski definition) is 6. The lowest BCUT2D eigenvalue weighted by Gasteiger charge is -2.42. The van der Waals surface area contributed by atoms with Gasteiger partial charge in [0.1, 0.15) is 11.4 Å². The maximum absolute atomic E-state index is 14.0. The summed E-state index contributed by atoms with van der Waals surface area (Å²) in [6.07, 6.45) is 0. The van der Waals surface area contributed by atoms with Crippen LogP contribution < -0.4 is 0 Å². The van der Waals surface area contributed by atoms with Crippen LogP contribution in [0.15, 0.2) is 72.8 Å². The summed E-state index contributed by atoms with van der Waals surface area (Å²) in [6, 6.07) is 23.7. The molecule has 4 aromatic rings. The number of aromatic nitrogens is 2. The Hall–Kier alpha value is -4.15. The Kier molecular flexibility index (Phi) is 4.92. The SMILES string of the molecule is CCOC(=O)[C@]1(C#N)[C@@H](c2ccc(F)cc2)CN(C)[C@@]12c1ccccc1-c1nc3ccccc3nc12. The molecule has 1 fully saturated rings. The number of nitriles is 1. The van der Waals surface area contributed by atoms with Crippen LogP contribution in [-0.2, 0) is 15.1 Å². The van der Waals surface area contributed by atoms with Gasteiger partial charge in [0, 0.05) is 18.0 Å². The minimum atomic E-state index is -1.70. The van der Waals surface area contributed by atoms with E-state index in [2.05, 4.69) is 6.07 Å². The number of para-hydroxylation sites is 2. The first-order chi connectivity index (χ1) is 17.5. The van der Waals surface area contributed by atoms with Gasteiger partial charge in [0.15, 0.2) is 5.41 Å². The topological polar surface area (TPSA) is 79.1 Å². The quantitative estimate of drug-likeness (QED) is 0.394. The van der Waals surface area contributed by atoms with Gasteiger partial charge >= 0.3 is 5.97 Å². The number of hydrogen-bond donors (Lipinski definition) is 0. The van der Waals surface area contributed by atoms with Crippen molar-refractivity contribution in [1.29, 1.82) is 5.26 Å². The van der Waals surface area contributed by atoms with Crippen molar-refractivity contribution in [3.63, 3.8) is 0 Å². The molecule has 36 heavy (non-hydrogen) atoms. The number of ether oxygens (including phenoxy) is 1. The molecule has 0 saturated carbocycles. The minimum Gasteiger partial charge on any atom is -0.465 e. The molecular weight excluding hydrogens is 455 g/mol. The van der Waals surface area contributed by atoms with Crippen molar-refractivity contribution in [3.05, 3.63) is 95.4 Å². The van der Waals surface area contributed by atoms with E-state index in [0.717, 1.165) is 16.6 Å². The molecule has 6 nitrogen and oxygen atoms in total. The van der Waals surface area contributed by atoms with E-state index in [1.165, 1.54) is 12.1 Å². The summed E-state index contributed by atoms with van der Waals surface area (Å²) in [5.74, 6) is -1.60. The Morgan fingerprint density at radius 1 is 1.08 bits per heavy atom. The molecule has 2 heterocycles. The lowest BCUT2D eigenvalue weighted by molar-refractivity contribution is -0.156. The molecule has 0 N–H and O–H groups in total. The Balaban J connectivity index is 1.74. The van der Waals surface area contributed by atoms with E-state index in [1.807, 2.05) is 60.5 Å². The third-order valence-electron chi connectivity index (χ3n) is 7.65. The van der Waals surface area contributed by atoms with E-state index in [0.29, 0.717) is 29.0 Å². The van der Waals surface area contributed by atoms with Gasteiger partial charge in [-0.25, -0.2) is 14.4 Å². The number of fused-ring (bicyclic) bond motifs is 6. The van der Waals surface area contributed by atoms with E-state index in [1.54, 1.807) is 19.1 Å². The maximum atomic E-state index is 14.0. The van der Waals surface area contributed by atoms with Gasteiger partial charge in [-0.2, -0.15) is 5.26 Å². The van der Waals surface area contributed by atoms with Crippen molar-refractivity contribution in [2.75, 3.05) is 20.2 Å². The van der Waals surface area contributed by atoms with Gasteiger partial charge in [0.05, 0.1) is 35.1 Å². The molecule has 2 aliphatic rings. The van der Waals surface area contributed by atoms with Crippen LogP contribution in [0.5, 0.6) is 0 Å². The van der Waals surface area contributed by atoms with Crippen LogP contribution in [-0.4, -0.2) is 41.0 Å². The summed E-state index contributed by atoms with van der Waals surface area (Å²) in [5.41, 5.74) is 1.98. The molecule has 0 unspecified atom stereocenters. The number of likely N-dealkylation sites (tertiary alicyclic amines) is 1. The summed E-state index contributed by atoms with van der Waals surface area (Å²) in [5, 5.41) is 11.0. The lowest BCUT2D eigenvalue weighted by atomic mass is 9.61. The number of esters is 1. The number of nitrogens with zero attached hydrogens (tertiary/aromatic N) is 4. The largest absolute Gasteiger partial charge is 0.465 e. The third-order valence-corrected chi connectivity index (χ3v) is 7.65. The predicted octanol–water partition coefficient (Wildman–Crippen LogP) is 4.80. The Labute approximate surface area is 208 Å². The highest BCUT2D eigenvalue weighted by molar-refractivity contribution is 5.92. The molecule has 3 aromatic carbocycles. The van der Waals surface area contributed by atoms with E-state index in [4.69, 9.17) is 14.7 Å². The van der Waals surface area contributed by atoms with E-state index in [-0.39, 0.29) is 12.4 Å². The first-order valence-electron chi connectivity index (χ1n) is 11.9. The van der Waals surface area contributed by atoms with Crippen molar-refractivity contribution in [1.82, 2.24) is 14.9 Å². The van der Waals surface area contributed by atoms with Crippen LogP contribution in [0.3, 0.4) is 0 Å². The first-order valence-corrected chi connectivity index (χ1v) is 11.9. The fourth-order valence-corrected chi connectivity index (χ4v) is 6.25. The fraction of sp³-hybridized carbons (Fsp3) is 0.241. The standard InChI is InChI=1S/C29H23FN4O2/c1-3-36-27(35)28(17-31)22(18-12-14-19(30)15-13-18)16-34(2)29(28)21-9-5-4-8-20(21)25-26(29)33-24-11-7-6-10-23(24)32-25/h4-15,22H,3,16H2,1-2H3/t22-,28+,29-/m1/s1. The van der Waals surface area contributed by atoms with Crippen molar-refractivity contribution >= 4 is 17.0 Å². The van der Waals surface area contributed by atoms with Gasteiger partial charge in [-0.1, -0.05) is 48.5 Å². The Morgan fingerprint density at radius 2 is 1.75 bits per heavy atom. The van der Waals surface area contributed by atoms with E-state index in [9.17, 15) is 14.4 Å². The van der Waals surface area contributed by atoms with Crippen molar-refractivity contribution in [2.45, 2.75) is 18.4 Å². The van der Waals surface area contributed by atoms with Gasteiger partial charge in [-0.3, -0.25) is 9.69 Å². The average molecular weight is 479 g/mol. The maximum Gasteiger partial charge on any atom is 0.329 e. The highest BCUT2D eigenvalue weighted by Crippen LogP contribution is 2.66. The molecule has 1 spiro atoms. The highest BCUT2D eigenvalue weighted by Gasteiger charge is 2.74. The van der Waals surface area contributed by atoms with Crippen LogP contribution in [0, 0.1) is 22.6 Å². The highest BCUT2D eigenvalue weighted by atomic mass is 19.1. The normalized spacial score (nSPS) is 24.4. The first kappa shape index (κ1) is 22.3. The lowest BCUT2D eigenvalue weighted by Crippen LogP contribution is -2.55. The number of likely N-dealkylation sites (N-methyl/N-ethyl adjacent to an activating group) is 1. The third kappa shape index (κ3) is 2.65. The molecule has 1 saturated heterocycles. The average Bonchev–Trinajstić information content (AvgIpc) is 3.34. The molecule has 178 valence electrons. The van der Waals surface area contributed by atoms with Crippen molar-refractivity contribution in [2.24, 2.45) is 5.41 Å². The number of rotatable bonds is 3. The van der Waals surface area contributed by atoms with Crippen LogP contribution in [0.25, 0.3) is 22.3 Å². The van der Waals surface area contributed by atoms with Gasteiger partial charge in [0.25, 0.3) is 0 Å². The molecule has 0 radical (unpaired) electrons. The Bertz CT molecular complexity index is 1560. The van der Waals surface area contributed by atoms with Gasteiger partial charge in [-0.15, -0.1) is 0 Å². The summed E-state index contributed by atoms with van der Waals surface area (Å²) in [7, 11) is 1.90. The number of benzene rings is 3. The number of halogens is 1. The molecule has 3 atom stereocenters. The molecule has 1 aliphatic carbocycles. The second kappa shape index (κ2) is 7.94. The summed E-state index contributed by atoms with van der Waals surface area (Å²) in [4.78, 5) is 26.1. The molecule has 7 heteroatoms. The van der Waals surface area contributed by atoms with E-state index < -0.39 is 22.8 Å². The zero-order valence-electron chi connectivity index (χ0n) is 19.9. The zero-order valence-corrected chi connectivity index (χ0v) is 19.9. The van der Waals surface area contributed by atoms with Crippen LogP contribution in [0.2, 0.25) is 0 Å². The van der Waals surface area contributed by atoms with Gasteiger partial charge in [0.2, 0.25) is 0 Å². The zero-order chi connectivity index (χ0) is 25.1. The molecule has 0 amide bonds. The smallest absolute Gasteiger partial charge is 0.329 e. The monoisotopic (exact) mass is 478 g/mol. The van der Waals surface area contributed by atoms with Crippen LogP contribution in [0.4, 0.5) is 4.39 Å². The number of carbonyl (C=O) groups is 1. The van der Waals surface area contributed by atoms with Crippen molar-refractivity contribution < 1.29 is 13.9 Å². The summed E-state index contributed by atoms with van der Waals surface area (Å²) < 4.78 is 19.5. The van der Waals surface area contributed by atoms with Gasteiger partial charge < -0.3 is 4.74 Å². The molecular formula is C29H23FN4O2. The van der Waals surface area contributed by atoms with E-state index >= 15 is 0 Å². The molecule has 0 bridgehead atoms. The second-order valence-electron chi connectivity index (χ2n) is 9.29. The van der Waals surface area contributed by atoms with Crippen LogP contribution in [0.1, 0.15) is 29.7 Å². The number of carbonyl (C=O) groups excluding carboxylic acids is 1. The van der Waals surface area contributed by atoms with Gasteiger partial charge in [-0.05, 0) is 49.4 Å². The molecule has 1 aliphatic heterocycles. The van der Waals surface area contributed by atoms with Crippen LogP contribution >= 0.6 is 0 Å². The molecule has 6 rings (SSSR count). The predicted molar refractivity (Wildman–Crippen MR) is 132 cm³/mol. The summed E-state index contributed by atoms with van der Waals surface area (Å²) >= 11 is 0. The summed E-state index contributed by atoms with van der Waals surface area (Å²) in [6.45, 7) is 2.21. The minimum absolute atomic E-state index is 0.121.